The van der Waals surface area contributed by atoms with E-state index in [1.807, 2.05) is 6.92 Å². The number of amides is 1. The Labute approximate surface area is 103 Å². The molecule has 0 heterocycles. The van der Waals surface area contributed by atoms with Crippen LogP contribution in [0.2, 0.25) is 0 Å². The summed E-state index contributed by atoms with van der Waals surface area (Å²) in [5.41, 5.74) is -0.530. The third kappa shape index (κ3) is 8.51. The van der Waals surface area contributed by atoms with Gasteiger partial charge in [-0.05, 0) is 27.7 Å². The van der Waals surface area contributed by atoms with Crippen molar-refractivity contribution in [2.24, 2.45) is 0 Å². The number of hydrogen-bond donors (Lipinski definition) is 2. The largest absolute Gasteiger partial charge is 0.444 e. The molecular formula is C13H23NO3. The Hall–Kier alpha value is -1.29. The van der Waals surface area contributed by atoms with Crippen LogP contribution in [0.3, 0.4) is 0 Å². The number of allylic oxidation sites excluding steroid dienone is 1. The number of nitrogens with one attached hydrogen (secondary N) is 1. The normalized spacial score (nSPS) is 15.4. The summed E-state index contributed by atoms with van der Waals surface area (Å²) in [6.07, 6.45) is 4.28. The number of hydrogen-bond acceptors (Lipinski definition) is 3. The van der Waals surface area contributed by atoms with Crippen molar-refractivity contribution in [2.45, 2.75) is 51.9 Å². The molecule has 0 aromatic rings. The van der Waals surface area contributed by atoms with Crippen molar-refractivity contribution >= 4 is 6.09 Å². The molecule has 2 N–H and O–H groups in total. The molecule has 4 nitrogen and oxygen atoms in total. The van der Waals surface area contributed by atoms with Gasteiger partial charge >= 0.3 is 6.09 Å². The molecule has 0 saturated carbocycles. The summed E-state index contributed by atoms with van der Waals surface area (Å²) in [6, 6.07) is -0.309. The highest BCUT2D eigenvalue weighted by atomic mass is 16.6. The molecule has 0 fully saturated rings. The van der Waals surface area contributed by atoms with Gasteiger partial charge in [-0.1, -0.05) is 18.2 Å². The minimum Gasteiger partial charge on any atom is -0.444 e. The predicted octanol–water partition coefficient (Wildman–Crippen LogP) is 2.39. The number of aliphatic hydroxyl groups is 1. The zero-order valence-electron chi connectivity index (χ0n) is 11.1. The van der Waals surface area contributed by atoms with Gasteiger partial charge in [0.15, 0.2) is 0 Å². The Morgan fingerprint density at radius 2 is 2.12 bits per heavy atom. The van der Waals surface area contributed by atoms with Crippen LogP contribution in [-0.4, -0.2) is 28.9 Å². The summed E-state index contributed by atoms with van der Waals surface area (Å²) >= 11 is 0. The zero-order chi connectivity index (χ0) is 13.5. The molecule has 4 heteroatoms. The molecule has 0 aliphatic carbocycles. The zero-order valence-corrected chi connectivity index (χ0v) is 11.1. The Morgan fingerprint density at radius 3 is 2.53 bits per heavy atom. The molecule has 0 aliphatic rings. The molecule has 17 heavy (non-hydrogen) atoms. The average Bonchev–Trinajstić information content (AvgIpc) is 2.13. The van der Waals surface area contributed by atoms with Crippen LogP contribution in [0.15, 0.2) is 24.8 Å². The molecule has 0 saturated heterocycles. The highest BCUT2D eigenvalue weighted by molar-refractivity contribution is 5.68. The van der Waals surface area contributed by atoms with Crippen LogP contribution in [0.1, 0.15) is 34.1 Å². The van der Waals surface area contributed by atoms with E-state index in [4.69, 9.17) is 4.74 Å². The van der Waals surface area contributed by atoms with Crippen LogP contribution >= 0.6 is 0 Å². The molecule has 0 bridgehead atoms. The van der Waals surface area contributed by atoms with Crippen molar-refractivity contribution in [2.75, 3.05) is 0 Å². The van der Waals surface area contributed by atoms with Crippen molar-refractivity contribution in [1.82, 2.24) is 5.32 Å². The van der Waals surface area contributed by atoms with Gasteiger partial charge in [0.05, 0.1) is 12.1 Å². The smallest absolute Gasteiger partial charge is 0.408 e. The first kappa shape index (κ1) is 15.7. The number of carbonyl (C=O) groups is 1. The topological polar surface area (TPSA) is 58.6 Å². The van der Waals surface area contributed by atoms with Crippen molar-refractivity contribution in [1.29, 1.82) is 0 Å². The Kier molecular flexibility index (Phi) is 6.58. The van der Waals surface area contributed by atoms with Gasteiger partial charge in [0, 0.05) is 6.42 Å². The van der Waals surface area contributed by atoms with Crippen molar-refractivity contribution in [3.8, 4) is 0 Å². The monoisotopic (exact) mass is 241 g/mol. The number of alkyl carbamates (subject to hydrolysis) is 1. The highest BCUT2D eigenvalue weighted by Gasteiger charge is 2.19. The minimum absolute atomic E-state index is 0.309. The summed E-state index contributed by atoms with van der Waals surface area (Å²) in [5, 5.41) is 12.2. The number of ether oxygens (including phenoxy) is 1. The van der Waals surface area contributed by atoms with E-state index < -0.39 is 17.8 Å². The molecular weight excluding hydrogens is 218 g/mol. The Balaban J connectivity index is 4.22. The Morgan fingerprint density at radius 1 is 1.53 bits per heavy atom. The van der Waals surface area contributed by atoms with Crippen LogP contribution < -0.4 is 5.32 Å². The SMILES string of the molecule is C=C[C@@H](C[C@@H](O)/C=C/C)NC(=O)OC(C)(C)C. The summed E-state index contributed by atoms with van der Waals surface area (Å²) in [4.78, 5) is 11.5. The maximum atomic E-state index is 11.5. The summed E-state index contributed by atoms with van der Waals surface area (Å²) < 4.78 is 5.11. The van der Waals surface area contributed by atoms with Crippen LogP contribution in [0.25, 0.3) is 0 Å². The molecule has 0 rings (SSSR count). The van der Waals surface area contributed by atoms with Gasteiger partial charge < -0.3 is 15.2 Å². The lowest BCUT2D eigenvalue weighted by molar-refractivity contribution is 0.0504. The van der Waals surface area contributed by atoms with E-state index in [0.29, 0.717) is 6.42 Å². The first-order valence-corrected chi connectivity index (χ1v) is 5.71. The fraction of sp³-hybridized carbons (Fsp3) is 0.615. The maximum Gasteiger partial charge on any atom is 0.408 e. The molecule has 1 amide bonds. The van der Waals surface area contributed by atoms with E-state index in [1.54, 1.807) is 39.0 Å². The molecule has 2 atom stereocenters. The second-order valence-electron chi connectivity index (χ2n) is 4.82. The Bertz CT molecular complexity index is 279. The van der Waals surface area contributed by atoms with Gasteiger partial charge in [0.2, 0.25) is 0 Å². The van der Waals surface area contributed by atoms with Gasteiger partial charge in [0.25, 0.3) is 0 Å². The van der Waals surface area contributed by atoms with E-state index >= 15 is 0 Å². The highest BCUT2D eigenvalue weighted by Crippen LogP contribution is 2.08. The van der Waals surface area contributed by atoms with Gasteiger partial charge in [-0.25, -0.2) is 4.79 Å². The lowest BCUT2D eigenvalue weighted by atomic mass is 10.1. The second kappa shape index (κ2) is 7.12. The van der Waals surface area contributed by atoms with E-state index in [0.717, 1.165) is 0 Å². The fourth-order valence-electron chi connectivity index (χ4n) is 1.23. The summed E-state index contributed by atoms with van der Waals surface area (Å²) in [6.45, 7) is 10.8. The van der Waals surface area contributed by atoms with E-state index in [-0.39, 0.29) is 6.04 Å². The molecule has 98 valence electrons. The van der Waals surface area contributed by atoms with Gasteiger partial charge in [-0.3, -0.25) is 0 Å². The molecule has 0 spiro atoms. The molecule has 0 unspecified atom stereocenters. The number of carbonyl (C=O) groups excluding carboxylic acids is 1. The molecule has 0 aliphatic heterocycles. The van der Waals surface area contributed by atoms with Crippen LogP contribution in [-0.2, 0) is 4.74 Å². The van der Waals surface area contributed by atoms with Gasteiger partial charge in [-0.15, -0.1) is 6.58 Å². The first-order chi connectivity index (χ1) is 7.78. The number of aliphatic hydroxyl groups excluding tert-OH is 1. The first-order valence-electron chi connectivity index (χ1n) is 5.71. The summed E-state index contributed by atoms with van der Waals surface area (Å²) in [7, 11) is 0. The fourth-order valence-corrected chi connectivity index (χ4v) is 1.23. The van der Waals surface area contributed by atoms with Crippen LogP contribution in [0.5, 0.6) is 0 Å². The number of rotatable bonds is 5. The van der Waals surface area contributed by atoms with Crippen molar-refractivity contribution in [3.05, 3.63) is 24.8 Å². The van der Waals surface area contributed by atoms with E-state index in [9.17, 15) is 9.90 Å². The quantitative estimate of drug-likeness (QED) is 0.727. The second-order valence-corrected chi connectivity index (χ2v) is 4.82. The van der Waals surface area contributed by atoms with E-state index in [2.05, 4.69) is 11.9 Å². The van der Waals surface area contributed by atoms with Crippen molar-refractivity contribution in [3.63, 3.8) is 0 Å². The van der Waals surface area contributed by atoms with E-state index in [1.165, 1.54) is 0 Å². The minimum atomic E-state index is -0.599. The van der Waals surface area contributed by atoms with Gasteiger partial charge in [0.1, 0.15) is 5.60 Å². The summed E-state index contributed by atoms with van der Waals surface area (Å²) in [5.74, 6) is 0. The predicted molar refractivity (Wildman–Crippen MR) is 68.8 cm³/mol. The molecule has 0 radical (unpaired) electrons. The average molecular weight is 241 g/mol. The third-order valence-corrected chi connectivity index (χ3v) is 1.90. The molecule has 0 aromatic heterocycles. The van der Waals surface area contributed by atoms with Crippen LogP contribution in [0, 0.1) is 0 Å². The maximum absolute atomic E-state index is 11.5. The lowest BCUT2D eigenvalue weighted by Gasteiger charge is -2.22. The molecule has 0 aromatic carbocycles. The van der Waals surface area contributed by atoms with Crippen molar-refractivity contribution < 1.29 is 14.6 Å². The van der Waals surface area contributed by atoms with Crippen LogP contribution in [0.4, 0.5) is 4.79 Å². The van der Waals surface area contributed by atoms with Gasteiger partial charge in [-0.2, -0.15) is 0 Å². The third-order valence-electron chi connectivity index (χ3n) is 1.90. The standard InChI is InChI=1S/C13H23NO3/c1-6-8-11(15)9-10(7-2)14-12(16)17-13(3,4)5/h6-8,10-11,15H,2,9H2,1,3-5H3,(H,14,16)/b8-6+/t10-,11-/m0/s1. The lowest BCUT2D eigenvalue weighted by Crippen LogP contribution is -2.39.